The molecule has 3 fully saturated rings. The van der Waals surface area contributed by atoms with E-state index < -0.39 is 35.5 Å². The van der Waals surface area contributed by atoms with E-state index in [2.05, 4.69) is 5.32 Å². The van der Waals surface area contributed by atoms with Crippen LogP contribution in [0.4, 0.5) is 29.7 Å². The van der Waals surface area contributed by atoms with E-state index in [0.717, 1.165) is 17.0 Å². The molecule has 1 saturated carbocycles. The lowest BCUT2D eigenvalue weighted by atomic mass is 10.2. The number of carbonyl (C=O) groups is 2. The number of nitrogens with zero attached hydrogens (tertiary/aromatic N) is 2. The summed E-state index contributed by atoms with van der Waals surface area (Å²) >= 11 is 0. The Kier molecular flexibility index (Phi) is 5.00. The summed E-state index contributed by atoms with van der Waals surface area (Å²) in [7, 11) is 0. The van der Waals surface area contributed by atoms with Crippen LogP contribution in [0.1, 0.15) is 20.8 Å². The Morgan fingerprint density at radius 2 is 1.83 bits per heavy atom. The number of benzene rings is 1. The molecule has 4 rings (SSSR count). The van der Waals surface area contributed by atoms with Gasteiger partial charge in [0.25, 0.3) is 0 Å². The fourth-order valence-electron chi connectivity index (χ4n) is 4.20. The van der Waals surface area contributed by atoms with Gasteiger partial charge in [-0.2, -0.15) is 0 Å². The second-order valence-electron chi connectivity index (χ2n) is 8.96. The van der Waals surface area contributed by atoms with Crippen LogP contribution in [0.25, 0.3) is 0 Å². The van der Waals surface area contributed by atoms with Gasteiger partial charge in [0.15, 0.2) is 11.6 Å². The highest BCUT2D eigenvalue weighted by atomic mass is 19.1. The van der Waals surface area contributed by atoms with Crippen molar-refractivity contribution in [1.82, 2.24) is 5.32 Å². The van der Waals surface area contributed by atoms with Gasteiger partial charge in [-0.05, 0) is 20.8 Å². The van der Waals surface area contributed by atoms with Crippen molar-refractivity contribution in [3.05, 3.63) is 23.8 Å². The summed E-state index contributed by atoms with van der Waals surface area (Å²) in [4.78, 5) is 26.5. The molecule has 2 saturated heterocycles. The zero-order chi connectivity index (χ0) is 21.8. The van der Waals surface area contributed by atoms with Gasteiger partial charge in [-0.3, -0.25) is 4.90 Å². The maximum atomic E-state index is 14.8. The molecule has 164 valence electrons. The number of hydrogen-bond donors (Lipinski definition) is 2. The number of aliphatic hydroxyl groups is 1. The number of alkyl carbamates (subject to hydrolysis) is 1. The zero-order valence-corrected chi connectivity index (χ0v) is 17.0. The van der Waals surface area contributed by atoms with Crippen molar-refractivity contribution in [3.63, 3.8) is 0 Å². The van der Waals surface area contributed by atoms with E-state index in [0.29, 0.717) is 13.1 Å². The topological polar surface area (TPSA) is 91.3 Å². The van der Waals surface area contributed by atoms with Crippen molar-refractivity contribution in [1.29, 1.82) is 0 Å². The fourth-order valence-corrected chi connectivity index (χ4v) is 4.20. The first-order valence-electron chi connectivity index (χ1n) is 9.90. The van der Waals surface area contributed by atoms with Crippen molar-refractivity contribution in [3.8, 4) is 0 Å². The van der Waals surface area contributed by atoms with E-state index in [1.165, 1.54) is 0 Å². The Balaban J connectivity index is 1.40. The number of aliphatic hydroxyl groups excluding tert-OH is 1. The predicted octanol–water partition coefficient (Wildman–Crippen LogP) is 2.24. The number of rotatable bonds is 4. The molecule has 1 aliphatic carbocycles. The molecule has 3 aliphatic rings. The first-order valence-corrected chi connectivity index (χ1v) is 9.90. The Hall–Kier alpha value is -2.62. The number of ether oxygens (including phenoxy) is 2. The lowest BCUT2D eigenvalue weighted by Gasteiger charge is -2.25. The summed E-state index contributed by atoms with van der Waals surface area (Å²) in [6.45, 7) is 5.84. The predicted molar refractivity (Wildman–Crippen MR) is 103 cm³/mol. The highest BCUT2D eigenvalue weighted by Crippen LogP contribution is 2.48. The fraction of sp³-hybridized carbons (Fsp3) is 0.600. The minimum absolute atomic E-state index is 0.0272. The molecule has 30 heavy (non-hydrogen) atoms. The summed E-state index contributed by atoms with van der Waals surface area (Å²) < 4.78 is 39.7. The van der Waals surface area contributed by atoms with Gasteiger partial charge < -0.3 is 24.8 Å². The average molecular weight is 425 g/mol. The van der Waals surface area contributed by atoms with Gasteiger partial charge in [0.05, 0.1) is 18.8 Å². The van der Waals surface area contributed by atoms with Crippen LogP contribution in [0.3, 0.4) is 0 Å². The summed E-state index contributed by atoms with van der Waals surface area (Å²) in [6.07, 6.45) is -1.96. The smallest absolute Gasteiger partial charge is 0.414 e. The van der Waals surface area contributed by atoms with Gasteiger partial charge in [-0.25, -0.2) is 18.4 Å². The van der Waals surface area contributed by atoms with Crippen LogP contribution in [0.15, 0.2) is 12.1 Å². The number of cyclic esters (lactones) is 1. The maximum absolute atomic E-state index is 14.8. The molecule has 8 nitrogen and oxygen atoms in total. The van der Waals surface area contributed by atoms with Crippen molar-refractivity contribution in [2.45, 2.75) is 38.5 Å². The van der Waals surface area contributed by atoms with Crippen LogP contribution in [0, 0.1) is 23.5 Å². The van der Waals surface area contributed by atoms with E-state index in [9.17, 15) is 18.4 Å². The molecule has 2 aliphatic heterocycles. The number of fused-ring (bicyclic) bond motifs is 1. The molecule has 2 heterocycles. The van der Waals surface area contributed by atoms with Gasteiger partial charge in [-0.15, -0.1) is 0 Å². The largest absolute Gasteiger partial charge is 0.444 e. The molecule has 2 N–H and O–H groups in total. The van der Waals surface area contributed by atoms with Gasteiger partial charge in [0.1, 0.15) is 17.4 Å². The quantitative estimate of drug-likeness (QED) is 0.769. The van der Waals surface area contributed by atoms with Crippen LogP contribution >= 0.6 is 0 Å². The van der Waals surface area contributed by atoms with Crippen LogP contribution < -0.4 is 15.1 Å². The second-order valence-corrected chi connectivity index (χ2v) is 8.96. The minimum Gasteiger partial charge on any atom is -0.444 e. The molecule has 10 heteroatoms. The standard InChI is InChI=1S/C20H25F2N3O5/c1-20(2,3)30-18(27)23-16-12-7-24(8-13(12)16)17-14(21)4-10(5-15(17)22)25-6-11(9-26)29-19(25)28/h4-5,11-13,16,26H,6-9H2,1-3H3,(H,23,27)/t11-,12?,13?,16?/m0/s1. The number of hydrogen-bond acceptors (Lipinski definition) is 6. The van der Waals surface area contributed by atoms with Gasteiger partial charge >= 0.3 is 12.2 Å². The normalized spacial score (nSPS) is 27.7. The number of amides is 2. The van der Waals surface area contributed by atoms with Crippen molar-refractivity contribution >= 4 is 23.6 Å². The molecule has 0 spiro atoms. The first-order chi connectivity index (χ1) is 14.1. The Bertz CT molecular complexity index is 839. The molecular weight excluding hydrogens is 400 g/mol. The molecule has 3 atom stereocenters. The molecule has 1 aromatic carbocycles. The lowest BCUT2D eigenvalue weighted by Crippen LogP contribution is -2.38. The van der Waals surface area contributed by atoms with Crippen LogP contribution in [0.2, 0.25) is 0 Å². The van der Waals surface area contributed by atoms with E-state index in [1.807, 2.05) is 0 Å². The second kappa shape index (κ2) is 7.26. The maximum Gasteiger partial charge on any atom is 0.414 e. The highest BCUT2D eigenvalue weighted by molar-refractivity contribution is 5.90. The van der Waals surface area contributed by atoms with E-state index >= 15 is 0 Å². The van der Waals surface area contributed by atoms with E-state index in [1.54, 1.807) is 25.7 Å². The molecule has 0 radical (unpaired) electrons. The minimum atomic E-state index is -0.775. The SMILES string of the molecule is CC(C)(C)OC(=O)NC1C2CN(c3c(F)cc(N4C[C@@H](CO)OC4=O)cc3F)CC21. The molecular formula is C20H25F2N3O5. The number of anilines is 2. The molecule has 1 aromatic rings. The van der Waals surface area contributed by atoms with Crippen molar-refractivity contribution in [2.75, 3.05) is 36.0 Å². The molecule has 0 bridgehead atoms. The van der Waals surface area contributed by atoms with Gasteiger partial charge in [-0.1, -0.05) is 0 Å². The van der Waals surface area contributed by atoms with E-state index in [4.69, 9.17) is 14.6 Å². The van der Waals surface area contributed by atoms with Crippen LogP contribution in [0.5, 0.6) is 0 Å². The van der Waals surface area contributed by atoms with Gasteiger partial charge in [0, 0.05) is 43.1 Å². The number of nitrogens with one attached hydrogen (secondary N) is 1. The third-order valence-electron chi connectivity index (χ3n) is 5.58. The van der Waals surface area contributed by atoms with Crippen LogP contribution in [-0.4, -0.2) is 61.3 Å². The molecule has 2 amide bonds. The van der Waals surface area contributed by atoms with E-state index in [-0.39, 0.29) is 42.4 Å². The Morgan fingerprint density at radius 3 is 2.33 bits per heavy atom. The number of carbonyl (C=O) groups excluding carboxylic acids is 2. The van der Waals surface area contributed by atoms with Crippen molar-refractivity contribution < 1.29 is 33.0 Å². The average Bonchev–Trinajstić information content (AvgIpc) is 2.96. The summed E-state index contributed by atoms with van der Waals surface area (Å²) in [6, 6.07) is 2.14. The highest BCUT2D eigenvalue weighted by Gasteiger charge is 2.57. The summed E-state index contributed by atoms with van der Waals surface area (Å²) in [5.74, 6) is -1.34. The molecule has 2 unspecified atom stereocenters. The zero-order valence-electron chi connectivity index (χ0n) is 17.0. The Morgan fingerprint density at radius 1 is 1.23 bits per heavy atom. The molecule has 0 aromatic heterocycles. The summed E-state index contributed by atoms with van der Waals surface area (Å²) in [5.41, 5.74) is -0.690. The third-order valence-corrected chi connectivity index (χ3v) is 5.58. The lowest BCUT2D eigenvalue weighted by molar-refractivity contribution is 0.0518. The third kappa shape index (κ3) is 3.88. The van der Waals surface area contributed by atoms with Gasteiger partial charge in [0.2, 0.25) is 0 Å². The first kappa shape index (κ1) is 20.6. The monoisotopic (exact) mass is 425 g/mol. The Labute approximate surface area is 172 Å². The van der Waals surface area contributed by atoms with Crippen molar-refractivity contribution in [2.24, 2.45) is 11.8 Å². The summed E-state index contributed by atoms with van der Waals surface area (Å²) in [5, 5.41) is 11.9. The number of halogens is 2. The van der Waals surface area contributed by atoms with Crippen LogP contribution in [-0.2, 0) is 9.47 Å². The number of piperidine rings is 1.